The minimum atomic E-state index is -3.49. The molecule has 0 aliphatic carbocycles. The Balaban J connectivity index is 2.17. The Morgan fingerprint density at radius 2 is 1.91 bits per heavy atom. The second-order valence-electron chi connectivity index (χ2n) is 4.71. The van der Waals surface area contributed by atoms with Gasteiger partial charge in [0.1, 0.15) is 10.7 Å². The molecule has 0 amide bonds. The quantitative estimate of drug-likeness (QED) is 0.719. The van der Waals surface area contributed by atoms with Gasteiger partial charge in [-0.15, -0.1) is 0 Å². The minimum Gasteiger partial charge on any atom is -0.396 e. The molecule has 0 aliphatic heterocycles. The number of rotatable bonds is 7. The second-order valence-corrected chi connectivity index (χ2v) is 6.59. The molecular weight excluding hydrogens is 302 g/mol. The highest BCUT2D eigenvalue weighted by Gasteiger charge is 2.14. The van der Waals surface area contributed by atoms with E-state index in [1.165, 1.54) is 19.3 Å². The lowest BCUT2D eigenvalue weighted by Gasteiger charge is -2.19. The number of aromatic nitrogens is 1. The number of aliphatic hydroxyl groups excluding tert-OH is 1. The van der Waals surface area contributed by atoms with Crippen LogP contribution in [0.4, 0.5) is 5.82 Å². The standard InChI is InChI=1S/C15H19N3O3S/c1-16-22(20,21)13-7-8-15(17-11-13)18-14(9-10-19)12-5-3-2-4-6-12/h2-8,11,14,16,19H,9-10H2,1H3,(H,17,18)/t14-/m0/s1. The summed E-state index contributed by atoms with van der Waals surface area (Å²) in [6, 6.07) is 12.7. The van der Waals surface area contributed by atoms with Gasteiger partial charge in [-0.25, -0.2) is 18.1 Å². The average molecular weight is 321 g/mol. The molecule has 0 unspecified atom stereocenters. The summed E-state index contributed by atoms with van der Waals surface area (Å²) in [4.78, 5) is 4.24. The monoisotopic (exact) mass is 321 g/mol. The van der Waals surface area contributed by atoms with Gasteiger partial charge in [0.05, 0.1) is 6.04 Å². The smallest absolute Gasteiger partial charge is 0.241 e. The Bertz CT molecular complexity index is 688. The number of aliphatic hydroxyl groups is 1. The van der Waals surface area contributed by atoms with Gasteiger partial charge in [-0.05, 0) is 31.2 Å². The summed E-state index contributed by atoms with van der Waals surface area (Å²) in [5.74, 6) is 0.553. The molecule has 0 saturated heterocycles. The normalized spacial score (nSPS) is 12.8. The van der Waals surface area contributed by atoms with Crippen molar-refractivity contribution in [1.29, 1.82) is 0 Å². The van der Waals surface area contributed by atoms with Crippen LogP contribution in [0.15, 0.2) is 53.6 Å². The zero-order chi connectivity index (χ0) is 16.0. The van der Waals surface area contributed by atoms with Gasteiger partial charge in [0.25, 0.3) is 0 Å². The molecule has 118 valence electrons. The van der Waals surface area contributed by atoms with Crippen molar-refractivity contribution in [2.75, 3.05) is 19.0 Å². The largest absolute Gasteiger partial charge is 0.396 e. The van der Waals surface area contributed by atoms with Gasteiger partial charge in [0.2, 0.25) is 10.0 Å². The highest BCUT2D eigenvalue weighted by molar-refractivity contribution is 7.89. The van der Waals surface area contributed by atoms with Crippen molar-refractivity contribution in [2.45, 2.75) is 17.4 Å². The van der Waals surface area contributed by atoms with Crippen LogP contribution < -0.4 is 10.0 Å². The maximum absolute atomic E-state index is 11.7. The summed E-state index contributed by atoms with van der Waals surface area (Å²) in [6.07, 6.45) is 1.83. The lowest BCUT2D eigenvalue weighted by atomic mass is 10.0. The molecule has 0 fully saturated rings. The number of benzene rings is 1. The first-order valence-electron chi connectivity index (χ1n) is 6.89. The first-order valence-corrected chi connectivity index (χ1v) is 8.37. The fraction of sp³-hybridized carbons (Fsp3) is 0.267. The SMILES string of the molecule is CNS(=O)(=O)c1ccc(N[C@@H](CCO)c2ccccc2)nc1. The van der Waals surface area contributed by atoms with Gasteiger partial charge in [0.15, 0.2) is 0 Å². The second kappa shape index (κ2) is 7.35. The third kappa shape index (κ3) is 4.03. The molecule has 7 heteroatoms. The van der Waals surface area contributed by atoms with Gasteiger partial charge < -0.3 is 10.4 Å². The van der Waals surface area contributed by atoms with Crippen LogP contribution in [-0.2, 0) is 10.0 Å². The molecule has 0 aliphatic rings. The van der Waals surface area contributed by atoms with E-state index in [0.29, 0.717) is 12.2 Å². The number of hydrogen-bond donors (Lipinski definition) is 3. The first kappa shape index (κ1) is 16.4. The Morgan fingerprint density at radius 1 is 1.18 bits per heavy atom. The highest BCUT2D eigenvalue weighted by Crippen LogP contribution is 2.21. The van der Waals surface area contributed by atoms with Gasteiger partial charge in [-0.2, -0.15) is 0 Å². The molecule has 0 bridgehead atoms. The summed E-state index contributed by atoms with van der Waals surface area (Å²) in [5.41, 5.74) is 1.03. The van der Waals surface area contributed by atoms with Crippen molar-refractivity contribution in [1.82, 2.24) is 9.71 Å². The van der Waals surface area contributed by atoms with E-state index in [-0.39, 0.29) is 17.5 Å². The average Bonchev–Trinajstić information content (AvgIpc) is 2.56. The van der Waals surface area contributed by atoms with Crippen molar-refractivity contribution in [3.8, 4) is 0 Å². The van der Waals surface area contributed by atoms with Crippen molar-refractivity contribution in [3.63, 3.8) is 0 Å². The summed E-state index contributed by atoms with van der Waals surface area (Å²) >= 11 is 0. The Morgan fingerprint density at radius 3 is 2.45 bits per heavy atom. The Labute approximate surface area is 130 Å². The molecule has 0 spiro atoms. The Kier molecular flexibility index (Phi) is 5.48. The van der Waals surface area contributed by atoms with E-state index < -0.39 is 10.0 Å². The molecule has 6 nitrogen and oxygen atoms in total. The zero-order valence-electron chi connectivity index (χ0n) is 12.2. The van der Waals surface area contributed by atoms with Crippen LogP contribution in [0.25, 0.3) is 0 Å². The molecule has 0 radical (unpaired) electrons. The van der Waals surface area contributed by atoms with Crippen LogP contribution >= 0.6 is 0 Å². The van der Waals surface area contributed by atoms with Crippen molar-refractivity contribution < 1.29 is 13.5 Å². The van der Waals surface area contributed by atoms with E-state index in [0.717, 1.165) is 5.56 Å². The number of nitrogens with one attached hydrogen (secondary N) is 2. The molecule has 0 saturated carbocycles. The summed E-state index contributed by atoms with van der Waals surface area (Å²) < 4.78 is 25.6. The van der Waals surface area contributed by atoms with E-state index in [1.807, 2.05) is 30.3 Å². The molecule has 2 aromatic rings. The number of hydrogen-bond acceptors (Lipinski definition) is 5. The third-order valence-electron chi connectivity index (χ3n) is 3.26. The predicted molar refractivity (Wildman–Crippen MR) is 85.0 cm³/mol. The van der Waals surface area contributed by atoms with Gasteiger partial charge in [-0.3, -0.25) is 0 Å². The van der Waals surface area contributed by atoms with E-state index in [2.05, 4.69) is 15.0 Å². The predicted octanol–water partition coefficient (Wildman–Crippen LogP) is 1.53. The van der Waals surface area contributed by atoms with Gasteiger partial charge in [-0.1, -0.05) is 30.3 Å². The van der Waals surface area contributed by atoms with Crippen molar-refractivity contribution in [3.05, 3.63) is 54.2 Å². The van der Waals surface area contributed by atoms with Gasteiger partial charge in [0, 0.05) is 12.8 Å². The highest BCUT2D eigenvalue weighted by atomic mass is 32.2. The molecule has 2 rings (SSSR count). The number of sulfonamides is 1. The number of nitrogens with zero attached hydrogens (tertiary/aromatic N) is 1. The molecule has 22 heavy (non-hydrogen) atoms. The minimum absolute atomic E-state index is 0.0405. The van der Waals surface area contributed by atoms with E-state index in [4.69, 9.17) is 0 Å². The van der Waals surface area contributed by atoms with Crippen molar-refractivity contribution >= 4 is 15.8 Å². The lowest BCUT2D eigenvalue weighted by molar-refractivity contribution is 0.280. The van der Waals surface area contributed by atoms with Crippen LogP contribution in [0.5, 0.6) is 0 Å². The fourth-order valence-corrected chi connectivity index (χ4v) is 2.73. The number of anilines is 1. The molecule has 1 heterocycles. The lowest BCUT2D eigenvalue weighted by Crippen LogP contribution is -2.19. The van der Waals surface area contributed by atoms with E-state index >= 15 is 0 Å². The molecular formula is C15H19N3O3S. The maximum atomic E-state index is 11.7. The van der Waals surface area contributed by atoms with E-state index in [1.54, 1.807) is 6.07 Å². The maximum Gasteiger partial charge on any atom is 0.241 e. The van der Waals surface area contributed by atoms with E-state index in [9.17, 15) is 13.5 Å². The fourth-order valence-electron chi connectivity index (χ4n) is 2.06. The van der Waals surface area contributed by atoms with Crippen LogP contribution in [0.1, 0.15) is 18.0 Å². The van der Waals surface area contributed by atoms with Crippen LogP contribution in [0.2, 0.25) is 0 Å². The van der Waals surface area contributed by atoms with Crippen LogP contribution in [0.3, 0.4) is 0 Å². The first-order chi connectivity index (χ1) is 10.6. The van der Waals surface area contributed by atoms with Gasteiger partial charge >= 0.3 is 0 Å². The Hall–Kier alpha value is -1.96. The summed E-state index contributed by atoms with van der Waals surface area (Å²) in [7, 11) is -2.13. The summed E-state index contributed by atoms with van der Waals surface area (Å²) in [6.45, 7) is 0.0405. The molecule has 1 aromatic heterocycles. The molecule has 1 aromatic carbocycles. The number of pyridine rings is 1. The van der Waals surface area contributed by atoms with Crippen LogP contribution in [0, 0.1) is 0 Å². The third-order valence-corrected chi connectivity index (χ3v) is 4.66. The van der Waals surface area contributed by atoms with Crippen molar-refractivity contribution in [2.24, 2.45) is 0 Å². The topological polar surface area (TPSA) is 91.3 Å². The molecule has 3 N–H and O–H groups in total. The summed E-state index contributed by atoms with van der Waals surface area (Å²) in [5, 5.41) is 12.4. The zero-order valence-corrected chi connectivity index (χ0v) is 13.0. The van der Waals surface area contributed by atoms with Crippen LogP contribution in [-0.4, -0.2) is 32.2 Å². The molecule has 1 atom stereocenters.